The molecule has 1 aromatic heterocycles. The number of rotatable bonds is 6. The average Bonchev–Trinajstić information content (AvgIpc) is 2.93. The summed E-state index contributed by atoms with van der Waals surface area (Å²) in [5.74, 6) is -0.477. The van der Waals surface area contributed by atoms with Crippen molar-refractivity contribution < 1.29 is 19.2 Å². The number of aromatic nitrogens is 2. The van der Waals surface area contributed by atoms with E-state index < -0.39 is 11.9 Å². The quantitative estimate of drug-likeness (QED) is 0.812. The fourth-order valence-electron chi connectivity index (χ4n) is 2.62. The minimum atomic E-state index is -0.825. The van der Waals surface area contributed by atoms with Gasteiger partial charge in [0, 0.05) is 6.61 Å². The third kappa shape index (κ3) is 3.50. The lowest BCUT2D eigenvalue weighted by Crippen LogP contribution is -2.23. The van der Waals surface area contributed by atoms with Crippen LogP contribution in [0.4, 0.5) is 0 Å². The Morgan fingerprint density at radius 3 is 2.81 bits per heavy atom. The number of allylic oxidation sites excluding steroid dienone is 2. The van der Waals surface area contributed by atoms with Crippen molar-refractivity contribution in [1.82, 2.24) is 10.1 Å². The number of carboxylic acids is 1. The van der Waals surface area contributed by atoms with Crippen LogP contribution in [-0.4, -0.2) is 27.8 Å². The molecule has 1 aliphatic rings. The lowest BCUT2D eigenvalue weighted by molar-refractivity contribution is -0.142. The zero-order valence-electron chi connectivity index (χ0n) is 12.7. The molecular formula is C15H22N2O4. The summed E-state index contributed by atoms with van der Waals surface area (Å²) < 4.78 is 11.0. The molecule has 0 aromatic carbocycles. The minimum Gasteiger partial charge on any atom is -0.481 e. The van der Waals surface area contributed by atoms with Gasteiger partial charge < -0.3 is 14.4 Å². The summed E-state index contributed by atoms with van der Waals surface area (Å²) in [4.78, 5) is 15.7. The minimum absolute atomic E-state index is 0.219. The van der Waals surface area contributed by atoms with Crippen LogP contribution in [0.1, 0.15) is 57.3 Å². The Hall–Kier alpha value is -1.69. The van der Waals surface area contributed by atoms with Crippen LogP contribution in [0.2, 0.25) is 0 Å². The van der Waals surface area contributed by atoms with Crippen molar-refractivity contribution in [3.63, 3.8) is 0 Å². The number of hydrogen-bond acceptors (Lipinski definition) is 5. The van der Waals surface area contributed by atoms with Gasteiger partial charge in [-0.05, 0) is 25.7 Å². The van der Waals surface area contributed by atoms with Crippen molar-refractivity contribution in [2.75, 3.05) is 6.61 Å². The van der Waals surface area contributed by atoms with Crippen molar-refractivity contribution in [2.24, 2.45) is 11.8 Å². The van der Waals surface area contributed by atoms with Gasteiger partial charge in [-0.2, -0.15) is 4.98 Å². The molecule has 1 aliphatic carbocycles. The first-order chi connectivity index (χ1) is 10.0. The van der Waals surface area contributed by atoms with Crippen LogP contribution in [0.3, 0.4) is 0 Å². The highest BCUT2D eigenvalue weighted by Crippen LogP contribution is 2.35. The second kappa shape index (κ2) is 6.85. The summed E-state index contributed by atoms with van der Waals surface area (Å²) >= 11 is 0. The number of ether oxygens (including phenoxy) is 1. The molecule has 1 N–H and O–H groups in total. The molecule has 6 nitrogen and oxygen atoms in total. The predicted octanol–water partition coefficient (Wildman–Crippen LogP) is 2.94. The van der Waals surface area contributed by atoms with Gasteiger partial charge in [0.25, 0.3) is 0 Å². The van der Waals surface area contributed by atoms with E-state index in [4.69, 9.17) is 9.26 Å². The molecule has 3 atom stereocenters. The molecule has 116 valence electrons. The Bertz CT molecular complexity index is 510. The maximum Gasteiger partial charge on any atom is 0.307 e. The van der Waals surface area contributed by atoms with Gasteiger partial charge in [-0.15, -0.1) is 0 Å². The maximum atomic E-state index is 11.3. The van der Waals surface area contributed by atoms with Crippen molar-refractivity contribution in [1.29, 1.82) is 0 Å². The van der Waals surface area contributed by atoms with Crippen LogP contribution < -0.4 is 0 Å². The average molecular weight is 294 g/mol. The summed E-state index contributed by atoms with van der Waals surface area (Å²) in [7, 11) is 0. The Morgan fingerprint density at radius 1 is 1.48 bits per heavy atom. The fourth-order valence-corrected chi connectivity index (χ4v) is 2.62. The SMILES string of the molecule is CCOC(c1noc([C@@H]2CC=CC[C@@H]2C(=O)O)n1)C(C)C. The highest BCUT2D eigenvalue weighted by molar-refractivity contribution is 5.71. The van der Waals surface area contributed by atoms with Crippen molar-refractivity contribution in [3.8, 4) is 0 Å². The predicted molar refractivity (Wildman–Crippen MR) is 75.7 cm³/mol. The van der Waals surface area contributed by atoms with E-state index in [2.05, 4.69) is 10.1 Å². The molecule has 1 aromatic rings. The van der Waals surface area contributed by atoms with Crippen LogP contribution in [0.15, 0.2) is 16.7 Å². The van der Waals surface area contributed by atoms with E-state index in [1.807, 2.05) is 32.9 Å². The first-order valence-electron chi connectivity index (χ1n) is 7.37. The van der Waals surface area contributed by atoms with Crippen LogP contribution in [0.25, 0.3) is 0 Å². The number of nitrogens with zero attached hydrogens (tertiary/aromatic N) is 2. The molecule has 6 heteroatoms. The molecule has 0 spiro atoms. The molecule has 0 aliphatic heterocycles. The molecule has 0 saturated heterocycles. The molecule has 0 amide bonds. The van der Waals surface area contributed by atoms with E-state index in [0.29, 0.717) is 31.2 Å². The van der Waals surface area contributed by atoms with Gasteiger partial charge in [0.05, 0.1) is 11.8 Å². The number of aliphatic carboxylic acids is 1. The molecular weight excluding hydrogens is 272 g/mol. The van der Waals surface area contributed by atoms with Gasteiger partial charge in [0.2, 0.25) is 11.7 Å². The van der Waals surface area contributed by atoms with Gasteiger partial charge >= 0.3 is 5.97 Å². The Balaban J connectivity index is 2.21. The number of carbonyl (C=O) groups is 1. The van der Waals surface area contributed by atoms with Crippen molar-refractivity contribution in [3.05, 3.63) is 23.9 Å². The van der Waals surface area contributed by atoms with Crippen molar-refractivity contribution in [2.45, 2.75) is 45.6 Å². The molecule has 1 heterocycles. The van der Waals surface area contributed by atoms with E-state index in [1.165, 1.54) is 0 Å². The van der Waals surface area contributed by atoms with Crippen LogP contribution in [0, 0.1) is 11.8 Å². The first kappa shape index (κ1) is 15.7. The van der Waals surface area contributed by atoms with E-state index in [9.17, 15) is 9.90 Å². The van der Waals surface area contributed by atoms with E-state index in [-0.39, 0.29) is 17.9 Å². The topological polar surface area (TPSA) is 85.5 Å². The monoisotopic (exact) mass is 294 g/mol. The summed E-state index contributed by atoms with van der Waals surface area (Å²) in [6.07, 6.45) is 4.74. The molecule has 0 bridgehead atoms. The molecule has 1 unspecified atom stereocenters. The van der Waals surface area contributed by atoms with Crippen LogP contribution in [-0.2, 0) is 9.53 Å². The lowest BCUT2D eigenvalue weighted by Gasteiger charge is -2.21. The Morgan fingerprint density at radius 2 is 2.19 bits per heavy atom. The standard InChI is InChI=1S/C15H22N2O4/c1-4-20-12(9(2)3)13-16-14(21-17-13)10-7-5-6-8-11(10)15(18)19/h5-6,9-12H,4,7-8H2,1-3H3,(H,18,19)/t10-,11+,12?/m1/s1. The zero-order valence-corrected chi connectivity index (χ0v) is 12.7. The van der Waals surface area contributed by atoms with Gasteiger partial charge in [-0.25, -0.2) is 0 Å². The second-order valence-corrected chi connectivity index (χ2v) is 5.60. The van der Waals surface area contributed by atoms with Gasteiger partial charge in [0.15, 0.2) is 0 Å². The van der Waals surface area contributed by atoms with Gasteiger partial charge in [-0.1, -0.05) is 31.2 Å². The van der Waals surface area contributed by atoms with Gasteiger partial charge in [0.1, 0.15) is 6.10 Å². The highest BCUT2D eigenvalue weighted by atomic mass is 16.5. The summed E-state index contributed by atoms with van der Waals surface area (Å²) in [6.45, 7) is 6.54. The zero-order chi connectivity index (χ0) is 15.4. The normalized spacial score (nSPS) is 23.4. The molecule has 2 rings (SSSR count). The number of hydrogen-bond donors (Lipinski definition) is 1. The highest BCUT2D eigenvalue weighted by Gasteiger charge is 2.34. The maximum absolute atomic E-state index is 11.3. The molecule has 0 radical (unpaired) electrons. The van der Waals surface area contributed by atoms with Gasteiger partial charge in [-0.3, -0.25) is 4.79 Å². The summed E-state index contributed by atoms with van der Waals surface area (Å²) in [5, 5.41) is 13.3. The summed E-state index contributed by atoms with van der Waals surface area (Å²) in [6, 6.07) is 0. The van der Waals surface area contributed by atoms with Crippen LogP contribution in [0.5, 0.6) is 0 Å². The second-order valence-electron chi connectivity index (χ2n) is 5.60. The molecule has 0 saturated carbocycles. The van der Waals surface area contributed by atoms with E-state index in [0.717, 1.165) is 0 Å². The Kier molecular flexibility index (Phi) is 5.12. The van der Waals surface area contributed by atoms with E-state index >= 15 is 0 Å². The lowest BCUT2D eigenvalue weighted by atomic mass is 9.83. The number of carboxylic acid groups (broad SMARTS) is 1. The van der Waals surface area contributed by atoms with Crippen molar-refractivity contribution >= 4 is 5.97 Å². The largest absolute Gasteiger partial charge is 0.481 e. The van der Waals surface area contributed by atoms with E-state index in [1.54, 1.807) is 0 Å². The Labute approximate surface area is 124 Å². The third-order valence-electron chi connectivity index (χ3n) is 3.73. The first-order valence-corrected chi connectivity index (χ1v) is 7.37. The third-order valence-corrected chi connectivity index (χ3v) is 3.73. The van der Waals surface area contributed by atoms with Crippen LogP contribution >= 0.6 is 0 Å². The molecule has 0 fully saturated rings. The summed E-state index contributed by atoms with van der Waals surface area (Å²) in [5.41, 5.74) is 0. The smallest absolute Gasteiger partial charge is 0.307 e. The fraction of sp³-hybridized carbons (Fsp3) is 0.667. The molecule has 21 heavy (non-hydrogen) atoms.